The van der Waals surface area contributed by atoms with Gasteiger partial charge in [-0.05, 0) is 43.0 Å². The summed E-state index contributed by atoms with van der Waals surface area (Å²) in [6, 6.07) is 6.17. The van der Waals surface area contributed by atoms with Gasteiger partial charge in [0.25, 0.3) is 0 Å². The average Bonchev–Trinajstić information content (AvgIpc) is 2.78. The fourth-order valence-electron chi connectivity index (χ4n) is 2.74. The van der Waals surface area contributed by atoms with Crippen LogP contribution < -0.4 is 4.90 Å². The van der Waals surface area contributed by atoms with Crippen LogP contribution in [-0.2, 0) is 6.42 Å². The number of nitrogens with zero attached hydrogens (tertiary/aromatic N) is 1. The third-order valence-electron chi connectivity index (χ3n) is 4.11. The van der Waals surface area contributed by atoms with Gasteiger partial charge in [-0.3, -0.25) is 4.79 Å². The van der Waals surface area contributed by atoms with Crippen LogP contribution in [0.4, 0.5) is 5.69 Å². The van der Waals surface area contributed by atoms with Crippen LogP contribution in [0.3, 0.4) is 0 Å². The van der Waals surface area contributed by atoms with Crippen LogP contribution in [0.5, 0.6) is 0 Å². The maximum absolute atomic E-state index is 11.4. The third kappa shape index (κ3) is 2.58. The standard InChI is InChI=1S/C16H23NO/c1-4-13(5-2)11-17-9-8-15-10-14(12(3)18)6-7-16(15)17/h6-7,10,13H,4-5,8-9,11H2,1-3H3. The predicted octanol–water partition coefficient (Wildman–Crippen LogP) is 3.69. The molecule has 0 atom stereocenters. The van der Waals surface area contributed by atoms with E-state index in [9.17, 15) is 4.79 Å². The summed E-state index contributed by atoms with van der Waals surface area (Å²) in [5, 5.41) is 0. The highest BCUT2D eigenvalue weighted by atomic mass is 16.1. The zero-order valence-electron chi connectivity index (χ0n) is 11.7. The molecule has 0 saturated heterocycles. The first-order valence-corrected chi connectivity index (χ1v) is 7.04. The highest BCUT2D eigenvalue weighted by Gasteiger charge is 2.21. The van der Waals surface area contributed by atoms with Gasteiger partial charge in [0.05, 0.1) is 0 Å². The first-order valence-electron chi connectivity index (χ1n) is 7.04. The van der Waals surface area contributed by atoms with E-state index in [1.807, 2.05) is 6.07 Å². The molecule has 0 amide bonds. The lowest BCUT2D eigenvalue weighted by molar-refractivity contribution is 0.101. The molecular formula is C16H23NO. The second-order valence-corrected chi connectivity index (χ2v) is 5.28. The number of benzene rings is 1. The molecule has 1 aliphatic heterocycles. The molecule has 1 aromatic carbocycles. The van der Waals surface area contributed by atoms with Crippen molar-refractivity contribution in [1.82, 2.24) is 0 Å². The van der Waals surface area contributed by atoms with Gasteiger partial charge in [0.15, 0.2) is 5.78 Å². The van der Waals surface area contributed by atoms with Crippen molar-refractivity contribution in [2.24, 2.45) is 5.92 Å². The lowest BCUT2D eigenvalue weighted by Gasteiger charge is -2.24. The Morgan fingerprint density at radius 2 is 2.06 bits per heavy atom. The van der Waals surface area contributed by atoms with Crippen LogP contribution in [-0.4, -0.2) is 18.9 Å². The number of fused-ring (bicyclic) bond motifs is 1. The van der Waals surface area contributed by atoms with Crippen LogP contribution in [0.25, 0.3) is 0 Å². The Balaban J connectivity index is 2.16. The summed E-state index contributed by atoms with van der Waals surface area (Å²) in [6.45, 7) is 8.43. The Morgan fingerprint density at radius 1 is 1.33 bits per heavy atom. The number of carbonyl (C=O) groups is 1. The number of rotatable bonds is 5. The first-order chi connectivity index (χ1) is 8.65. The molecule has 0 saturated carbocycles. The molecule has 1 aliphatic rings. The van der Waals surface area contributed by atoms with E-state index in [1.54, 1.807) is 6.92 Å². The normalized spacial score (nSPS) is 14.1. The average molecular weight is 245 g/mol. The second kappa shape index (κ2) is 5.55. The van der Waals surface area contributed by atoms with E-state index in [1.165, 1.54) is 24.1 Å². The van der Waals surface area contributed by atoms with Crippen molar-refractivity contribution < 1.29 is 4.79 Å². The number of ketones is 1. The Labute approximate surface area is 110 Å². The fraction of sp³-hybridized carbons (Fsp3) is 0.562. The van der Waals surface area contributed by atoms with E-state index in [-0.39, 0.29) is 5.78 Å². The number of hydrogen-bond donors (Lipinski definition) is 0. The molecule has 1 heterocycles. The summed E-state index contributed by atoms with van der Waals surface area (Å²) in [6.07, 6.45) is 3.57. The van der Waals surface area contributed by atoms with Gasteiger partial charge in [-0.1, -0.05) is 26.7 Å². The molecule has 0 radical (unpaired) electrons. The van der Waals surface area contributed by atoms with E-state index < -0.39 is 0 Å². The Bertz CT molecular complexity index is 435. The number of anilines is 1. The van der Waals surface area contributed by atoms with Gasteiger partial charge in [-0.15, -0.1) is 0 Å². The number of hydrogen-bond acceptors (Lipinski definition) is 2. The summed E-state index contributed by atoms with van der Waals surface area (Å²) >= 11 is 0. The molecule has 0 N–H and O–H groups in total. The number of Topliss-reactive ketones (excluding diaryl/α,β-unsaturated/α-hetero) is 1. The van der Waals surface area contributed by atoms with Crippen molar-refractivity contribution >= 4 is 11.5 Å². The Kier molecular flexibility index (Phi) is 4.05. The van der Waals surface area contributed by atoms with Crippen LogP contribution in [0, 0.1) is 5.92 Å². The SMILES string of the molecule is CCC(CC)CN1CCc2cc(C(C)=O)ccc21. The maximum atomic E-state index is 11.4. The fourth-order valence-corrected chi connectivity index (χ4v) is 2.74. The molecule has 0 spiro atoms. The molecule has 0 bridgehead atoms. The summed E-state index contributed by atoms with van der Waals surface area (Å²) in [7, 11) is 0. The van der Waals surface area contributed by atoms with Crippen molar-refractivity contribution in [2.75, 3.05) is 18.0 Å². The minimum atomic E-state index is 0.163. The molecule has 18 heavy (non-hydrogen) atoms. The van der Waals surface area contributed by atoms with Crippen LogP contribution in [0.15, 0.2) is 18.2 Å². The molecule has 0 aliphatic carbocycles. The summed E-state index contributed by atoms with van der Waals surface area (Å²) in [5.74, 6) is 0.944. The van der Waals surface area contributed by atoms with Crippen molar-refractivity contribution in [2.45, 2.75) is 40.0 Å². The van der Waals surface area contributed by atoms with Crippen LogP contribution in [0.1, 0.15) is 49.5 Å². The van der Waals surface area contributed by atoms with Gasteiger partial charge in [-0.2, -0.15) is 0 Å². The number of carbonyl (C=O) groups excluding carboxylic acids is 1. The quantitative estimate of drug-likeness (QED) is 0.737. The summed E-state index contributed by atoms with van der Waals surface area (Å²) in [4.78, 5) is 13.9. The largest absolute Gasteiger partial charge is 0.371 e. The van der Waals surface area contributed by atoms with Gasteiger partial charge < -0.3 is 4.90 Å². The van der Waals surface area contributed by atoms with Gasteiger partial charge >= 0.3 is 0 Å². The summed E-state index contributed by atoms with van der Waals surface area (Å²) in [5.41, 5.74) is 3.53. The van der Waals surface area contributed by atoms with Crippen molar-refractivity contribution in [3.8, 4) is 0 Å². The molecule has 0 aromatic heterocycles. The van der Waals surface area contributed by atoms with E-state index in [0.29, 0.717) is 0 Å². The van der Waals surface area contributed by atoms with Crippen molar-refractivity contribution in [3.05, 3.63) is 29.3 Å². The van der Waals surface area contributed by atoms with Crippen molar-refractivity contribution in [3.63, 3.8) is 0 Å². The third-order valence-corrected chi connectivity index (χ3v) is 4.11. The molecule has 2 rings (SSSR count). The van der Waals surface area contributed by atoms with Crippen LogP contribution in [0.2, 0.25) is 0 Å². The maximum Gasteiger partial charge on any atom is 0.159 e. The zero-order valence-corrected chi connectivity index (χ0v) is 11.7. The second-order valence-electron chi connectivity index (χ2n) is 5.28. The lowest BCUT2D eigenvalue weighted by Crippen LogP contribution is -2.27. The highest BCUT2D eigenvalue weighted by molar-refractivity contribution is 5.94. The van der Waals surface area contributed by atoms with Gasteiger partial charge in [0.1, 0.15) is 0 Å². The van der Waals surface area contributed by atoms with Gasteiger partial charge in [-0.25, -0.2) is 0 Å². The smallest absolute Gasteiger partial charge is 0.159 e. The molecule has 98 valence electrons. The molecule has 0 unspecified atom stereocenters. The van der Waals surface area contributed by atoms with Gasteiger partial charge in [0, 0.05) is 24.3 Å². The Morgan fingerprint density at radius 3 is 2.67 bits per heavy atom. The predicted molar refractivity (Wildman–Crippen MR) is 76.4 cm³/mol. The summed E-state index contributed by atoms with van der Waals surface area (Å²) < 4.78 is 0. The highest BCUT2D eigenvalue weighted by Crippen LogP contribution is 2.30. The molecule has 2 nitrogen and oxygen atoms in total. The lowest BCUT2D eigenvalue weighted by atomic mass is 10.0. The van der Waals surface area contributed by atoms with Crippen molar-refractivity contribution in [1.29, 1.82) is 0 Å². The minimum absolute atomic E-state index is 0.163. The van der Waals surface area contributed by atoms with E-state index >= 15 is 0 Å². The van der Waals surface area contributed by atoms with Crippen LogP contribution >= 0.6 is 0 Å². The molecular weight excluding hydrogens is 222 g/mol. The molecule has 1 aromatic rings. The van der Waals surface area contributed by atoms with Gasteiger partial charge in [0.2, 0.25) is 0 Å². The van der Waals surface area contributed by atoms with E-state index in [0.717, 1.165) is 31.0 Å². The minimum Gasteiger partial charge on any atom is -0.371 e. The monoisotopic (exact) mass is 245 g/mol. The van der Waals surface area contributed by atoms with E-state index in [4.69, 9.17) is 0 Å². The molecule has 2 heteroatoms. The molecule has 0 fully saturated rings. The first kappa shape index (κ1) is 13.1. The topological polar surface area (TPSA) is 20.3 Å². The van der Waals surface area contributed by atoms with E-state index in [2.05, 4.69) is 30.9 Å². The Hall–Kier alpha value is -1.31. The zero-order chi connectivity index (χ0) is 13.1.